The van der Waals surface area contributed by atoms with Gasteiger partial charge in [0.15, 0.2) is 0 Å². The van der Waals surface area contributed by atoms with Crippen molar-refractivity contribution in [2.45, 2.75) is 6.92 Å². The van der Waals surface area contributed by atoms with E-state index in [1.165, 1.54) is 14.2 Å². The first kappa shape index (κ1) is 14.1. The molecule has 0 atom stereocenters. The molecular formula is C17H15NO4. The molecule has 0 amide bonds. The van der Waals surface area contributed by atoms with Crippen molar-refractivity contribution in [1.29, 1.82) is 0 Å². The van der Waals surface area contributed by atoms with Crippen molar-refractivity contribution in [1.82, 2.24) is 0 Å². The first-order chi connectivity index (χ1) is 10.5. The maximum Gasteiger partial charge on any atom is 0.273 e. The van der Waals surface area contributed by atoms with Gasteiger partial charge in [-0.3, -0.25) is 4.79 Å². The summed E-state index contributed by atoms with van der Waals surface area (Å²) < 4.78 is 11.1. The zero-order chi connectivity index (χ0) is 15.9. The van der Waals surface area contributed by atoms with Gasteiger partial charge < -0.3 is 14.7 Å². The number of fused-ring (bicyclic) bond motifs is 1. The van der Waals surface area contributed by atoms with Crippen LogP contribution < -0.4 is 9.47 Å². The molecule has 0 fully saturated rings. The molecule has 0 N–H and O–H groups in total. The first-order valence-corrected chi connectivity index (χ1v) is 6.78. The monoisotopic (exact) mass is 297 g/mol. The van der Waals surface area contributed by atoms with E-state index in [-0.39, 0.29) is 11.5 Å². The average molecular weight is 297 g/mol. The van der Waals surface area contributed by atoms with Crippen LogP contribution in [0.15, 0.2) is 36.4 Å². The fourth-order valence-electron chi connectivity index (χ4n) is 2.53. The predicted molar refractivity (Wildman–Crippen MR) is 82.5 cm³/mol. The summed E-state index contributed by atoms with van der Waals surface area (Å²) in [6.45, 7) is 1.88. The van der Waals surface area contributed by atoms with Crippen LogP contribution in [0.1, 0.15) is 21.5 Å². The van der Waals surface area contributed by atoms with Gasteiger partial charge in [-0.2, -0.15) is 4.74 Å². The highest BCUT2D eigenvalue weighted by atomic mass is 16.5. The van der Waals surface area contributed by atoms with E-state index < -0.39 is 0 Å². The van der Waals surface area contributed by atoms with Crippen molar-refractivity contribution < 1.29 is 19.0 Å². The number of ketones is 1. The molecule has 0 unspecified atom stereocenters. The summed E-state index contributed by atoms with van der Waals surface area (Å²) in [5.41, 5.74) is 2.28. The van der Waals surface area contributed by atoms with Gasteiger partial charge in [0.1, 0.15) is 17.1 Å². The fourth-order valence-corrected chi connectivity index (χ4v) is 2.53. The number of hydrogen-bond donors (Lipinski definition) is 0. The molecule has 0 spiro atoms. The molecule has 5 heteroatoms. The molecule has 1 aliphatic rings. The molecule has 1 aliphatic heterocycles. The van der Waals surface area contributed by atoms with Crippen LogP contribution in [-0.2, 0) is 0 Å². The molecule has 0 radical (unpaired) electrons. The maximum absolute atomic E-state index is 12.6. The van der Waals surface area contributed by atoms with Crippen LogP contribution in [0, 0.1) is 12.1 Å². The molecule has 1 heterocycles. The highest BCUT2D eigenvalue weighted by Crippen LogP contribution is 2.31. The summed E-state index contributed by atoms with van der Waals surface area (Å²) in [5.74, 6) is 0.755. The molecule has 2 aromatic rings. The lowest BCUT2D eigenvalue weighted by molar-refractivity contribution is -0.355. The molecule has 3 rings (SSSR count). The van der Waals surface area contributed by atoms with Gasteiger partial charge in [-0.25, -0.2) is 0 Å². The van der Waals surface area contributed by atoms with Crippen LogP contribution in [0.25, 0.3) is 0 Å². The lowest BCUT2D eigenvalue weighted by Gasteiger charge is -2.07. The molecule has 0 saturated carbocycles. The second-order valence-electron chi connectivity index (χ2n) is 5.09. The van der Waals surface area contributed by atoms with E-state index in [0.717, 1.165) is 5.56 Å². The number of Topliss-reactive ketones (excluding diaryl/α,β-unsaturated/α-hetero) is 1. The number of rotatable bonds is 3. The van der Waals surface area contributed by atoms with Crippen molar-refractivity contribution in [3.05, 3.63) is 58.3 Å². The Kier molecular flexibility index (Phi) is 3.33. The normalized spacial score (nSPS) is 13.3. The Hall–Kier alpha value is -2.82. The van der Waals surface area contributed by atoms with Gasteiger partial charge in [-0.15, -0.1) is 0 Å². The third kappa shape index (κ3) is 2.11. The highest BCUT2D eigenvalue weighted by molar-refractivity contribution is 6.52. The maximum atomic E-state index is 12.6. The molecular weight excluding hydrogens is 282 g/mol. The fraction of sp³-hybridized carbons (Fsp3) is 0.176. The summed E-state index contributed by atoms with van der Waals surface area (Å²) in [7, 11) is 3.04. The number of ether oxygens (including phenoxy) is 2. The number of hydrogen-bond acceptors (Lipinski definition) is 4. The van der Waals surface area contributed by atoms with Crippen LogP contribution in [0.5, 0.6) is 11.5 Å². The Labute approximate surface area is 128 Å². The Morgan fingerprint density at radius 2 is 1.64 bits per heavy atom. The molecule has 112 valence electrons. The zero-order valence-corrected chi connectivity index (χ0v) is 12.5. The summed E-state index contributed by atoms with van der Waals surface area (Å²) in [5, 5.41) is 12.5. The van der Waals surface area contributed by atoms with Crippen molar-refractivity contribution in [3.63, 3.8) is 0 Å². The van der Waals surface area contributed by atoms with Gasteiger partial charge in [-0.1, -0.05) is 6.07 Å². The van der Waals surface area contributed by atoms with Gasteiger partial charge >= 0.3 is 0 Å². The lowest BCUT2D eigenvalue weighted by Crippen LogP contribution is -2.16. The minimum Gasteiger partial charge on any atom is -0.618 e. The largest absolute Gasteiger partial charge is 0.618 e. The van der Waals surface area contributed by atoms with Gasteiger partial charge in [-0.05, 0) is 30.7 Å². The van der Waals surface area contributed by atoms with E-state index >= 15 is 0 Å². The average Bonchev–Trinajstić information content (AvgIpc) is 2.77. The highest BCUT2D eigenvalue weighted by Gasteiger charge is 2.37. The number of benzene rings is 2. The predicted octanol–water partition coefficient (Wildman–Crippen LogP) is 2.84. The molecule has 0 aromatic heterocycles. The molecule has 5 nitrogen and oxygen atoms in total. The molecule has 0 aliphatic carbocycles. The number of carbonyl (C=O) groups excluding carboxylic acids is 1. The van der Waals surface area contributed by atoms with Crippen LogP contribution >= 0.6 is 0 Å². The van der Waals surface area contributed by atoms with Crippen LogP contribution in [0.2, 0.25) is 0 Å². The van der Waals surface area contributed by atoms with E-state index in [1.54, 1.807) is 30.3 Å². The van der Waals surface area contributed by atoms with Crippen LogP contribution in [0.4, 0.5) is 5.69 Å². The molecule has 0 bridgehead atoms. The summed E-state index contributed by atoms with van der Waals surface area (Å²) in [6, 6.07) is 10.2. The van der Waals surface area contributed by atoms with Crippen molar-refractivity contribution >= 4 is 17.2 Å². The van der Waals surface area contributed by atoms with Gasteiger partial charge in [0.05, 0.1) is 19.8 Å². The summed E-state index contributed by atoms with van der Waals surface area (Å²) >= 11 is 0. The summed E-state index contributed by atoms with van der Waals surface area (Å²) in [6.07, 6.45) is 0. The third-order valence-corrected chi connectivity index (χ3v) is 3.66. The van der Waals surface area contributed by atoms with Crippen LogP contribution in [-0.4, -0.2) is 30.5 Å². The second kappa shape index (κ2) is 5.18. The van der Waals surface area contributed by atoms with Gasteiger partial charge in [0.25, 0.3) is 11.5 Å². The van der Waals surface area contributed by atoms with E-state index in [1.807, 2.05) is 13.0 Å². The Morgan fingerprint density at radius 3 is 2.23 bits per heavy atom. The second-order valence-corrected chi connectivity index (χ2v) is 5.09. The smallest absolute Gasteiger partial charge is 0.273 e. The minimum absolute atomic E-state index is 0.0813. The van der Waals surface area contributed by atoms with E-state index in [0.29, 0.717) is 33.1 Å². The van der Waals surface area contributed by atoms with E-state index in [2.05, 4.69) is 0 Å². The quantitative estimate of drug-likeness (QED) is 0.645. The molecule has 0 saturated heterocycles. The third-order valence-electron chi connectivity index (χ3n) is 3.66. The van der Waals surface area contributed by atoms with Gasteiger partial charge in [0.2, 0.25) is 5.69 Å². The lowest BCUT2D eigenvalue weighted by atomic mass is 10.0. The standard InChI is InChI=1S/C17H15NO4/c1-10-4-5-14-15(6-10)18(20)16(17(14)19)11-7-12(21-2)9-13(8-11)22-3/h4-9H,1-3H3. The van der Waals surface area contributed by atoms with Gasteiger partial charge in [0, 0.05) is 12.1 Å². The SMILES string of the molecule is COc1cc(OC)cc(C2=[N+]([O-])c3cc(C)ccc3C2=O)c1. The number of aryl methyl sites for hydroxylation is 1. The molecule has 2 aromatic carbocycles. The number of carbonyl (C=O) groups is 1. The topological polar surface area (TPSA) is 61.6 Å². The summed E-state index contributed by atoms with van der Waals surface area (Å²) in [4.78, 5) is 12.6. The van der Waals surface area contributed by atoms with Crippen molar-refractivity contribution in [3.8, 4) is 11.5 Å². The number of nitrogens with zero attached hydrogens (tertiary/aromatic N) is 1. The number of methoxy groups -OCH3 is 2. The Bertz CT molecular complexity index is 786. The Balaban J connectivity index is 2.19. The van der Waals surface area contributed by atoms with E-state index in [9.17, 15) is 10.0 Å². The Morgan fingerprint density at radius 1 is 1.00 bits per heavy atom. The first-order valence-electron chi connectivity index (χ1n) is 6.78. The van der Waals surface area contributed by atoms with Crippen LogP contribution in [0.3, 0.4) is 0 Å². The minimum atomic E-state index is -0.291. The van der Waals surface area contributed by atoms with Crippen molar-refractivity contribution in [2.24, 2.45) is 0 Å². The molecule has 22 heavy (non-hydrogen) atoms. The van der Waals surface area contributed by atoms with Crippen molar-refractivity contribution in [2.75, 3.05) is 14.2 Å². The van der Waals surface area contributed by atoms with E-state index in [4.69, 9.17) is 9.47 Å². The zero-order valence-electron chi connectivity index (χ0n) is 12.5.